The molecule has 4 heteroatoms. The first-order chi connectivity index (χ1) is 6.76. The molecule has 0 atom stereocenters. The van der Waals surface area contributed by atoms with Crippen LogP contribution in [-0.2, 0) is 0 Å². The van der Waals surface area contributed by atoms with Crippen molar-refractivity contribution in [1.29, 1.82) is 0 Å². The maximum Gasteiger partial charge on any atom is 0.191 e. The Balaban J connectivity index is 1.84. The lowest BCUT2D eigenvalue weighted by Crippen LogP contribution is -2.47. The van der Waals surface area contributed by atoms with Crippen molar-refractivity contribution in [3.8, 4) is 0 Å². The van der Waals surface area contributed by atoms with Gasteiger partial charge in [0.25, 0.3) is 0 Å². The molecule has 2 aliphatic rings. The van der Waals surface area contributed by atoms with Crippen molar-refractivity contribution < 1.29 is 0 Å². The Bertz CT molecular complexity index is 226. The lowest BCUT2D eigenvalue weighted by molar-refractivity contribution is 0.293. The largest absolute Gasteiger partial charge is 0.370 e. The number of likely N-dealkylation sites (tertiary alicyclic amines) is 1. The van der Waals surface area contributed by atoms with Crippen molar-refractivity contribution >= 4 is 17.7 Å². The molecule has 0 aromatic carbocycles. The predicted molar refractivity (Wildman–Crippen MR) is 62.8 cm³/mol. The van der Waals surface area contributed by atoms with Crippen LogP contribution in [0.2, 0.25) is 0 Å². The van der Waals surface area contributed by atoms with Crippen LogP contribution in [0.4, 0.5) is 0 Å². The summed E-state index contributed by atoms with van der Waals surface area (Å²) < 4.78 is 0.426. The molecular formula is C10H19N3S. The van der Waals surface area contributed by atoms with Crippen molar-refractivity contribution in [2.24, 2.45) is 10.7 Å². The van der Waals surface area contributed by atoms with Gasteiger partial charge < -0.3 is 10.6 Å². The third-order valence-electron chi connectivity index (χ3n) is 3.41. The Labute approximate surface area is 90.1 Å². The first-order valence-corrected chi connectivity index (χ1v) is 6.58. The Hall–Kier alpha value is -0.380. The van der Waals surface area contributed by atoms with Gasteiger partial charge in [0.05, 0.1) is 6.54 Å². The second kappa shape index (κ2) is 4.01. The SMILES string of the molecule is CSC1(CN=C(N)N2CCC2)CCC1. The first kappa shape index (κ1) is 10.1. The van der Waals surface area contributed by atoms with Gasteiger partial charge in [0.2, 0.25) is 0 Å². The molecule has 2 fully saturated rings. The standard InChI is InChI=1S/C10H19N3S/c1-14-10(4-2-5-10)8-12-9(11)13-6-3-7-13/h2-8H2,1H3,(H2,11,12). The Morgan fingerprint density at radius 2 is 2.14 bits per heavy atom. The summed E-state index contributed by atoms with van der Waals surface area (Å²) in [6, 6.07) is 0. The second-order valence-corrected chi connectivity index (χ2v) is 5.53. The summed E-state index contributed by atoms with van der Waals surface area (Å²) >= 11 is 1.96. The molecule has 0 unspecified atom stereocenters. The molecule has 0 aromatic rings. The van der Waals surface area contributed by atoms with E-state index in [1.165, 1.54) is 25.7 Å². The average Bonchev–Trinajstić information content (AvgIpc) is 2.00. The first-order valence-electron chi connectivity index (χ1n) is 5.36. The number of hydrogen-bond donors (Lipinski definition) is 1. The van der Waals surface area contributed by atoms with Gasteiger partial charge in [0.1, 0.15) is 0 Å². The zero-order valence-corrected chi connectivity index (χ0v) is 9.65. The molecule has 1 saturated carbocycles. The summed E-state index contributed by atoms with van der Waals surface area (Å²) in [4.78, 5) is 6.67. The molecule has 80 valence electrons. The van der Waals surface area contributed by atoms with Gasteiger partial charge in [-0.15, -0.1) is 0 Å². The van der Waals surface area contributed by atoms with Gasteiger partial charge in [-0.2, -0.15) is 11.8 Å². The average molecular weight is 213 g/mol. The van der Waals surface area contributed by atoms with E-state index in [-0.39, 0.29) is 0 Å². The van der Waals surface area contributed by atoms with Crippen LogP contribution in [0.1, 0.15) is 25.7 Å². The summed E-state index contributed by atoms with van der Waals surface area (Å²) in [5, 5.41) is 0. The van der Waals surface area contributed by atoms with Crippen LogP contribution in [0.3, 0.4) is 0 Å². The molecule has 0 aromatic heterocycles. The minimum atomic E-state index is 0.426. The topological polar surface area (TPSA) is 41.6 Å². The maximum atomic E-state index is 5.89. The highest BCUT2D eigenvalue weighted by atomic mass is 32.2. The van der Waals surface area contributed by atoms with Gasteiger partial charge in [0, 0.05) is 17.8 Å². The van der Waals surface area contributed by atoms with E-state index in [1.54, 1.807) is 0 Å². The summed E-state index contributed by atoms with van der Waals surface area (Å²) in [5.74, 6) is 0.761. The number of aliphatic imine (C=N–C) groups is 1. The van der Waals surface area contributed by atoms with Crippen molar-refractivity contribution in [2.75, 3.05) is 25.9 Å². The molecule has 2 N–H and O–H groups in total. The van der Waals surface area contributed by atoms with Crippen molar-refractivity contribution in [3.05, 3.63) is 0 Å². The molecule has 0 amide bonds. The summed E-state index contributed by atoms with van der Waals surface area (Å²) in [6.07, 6.45) is 7.44. The normalized spacial score (nSPS) is 25.5. The lowest BCUT2D eigenvalue weighted by atomic mass is 9.84. The third-order valence-corrected chi connectivity index (χ3v) is 4.81. The van der Waals surface area contributed by atoms with E-state index in [0.29, 0.717) is 4.75 Å². The minimum Gasteiger partial charge on any atom is -0.370 e. The summed E-state index contributed by atoms with van der Waals surface area (Å²) in [5.41, 5.74) is 5.89. The fourth-order valence-electron chi connectivity index (χ4n) is 1.87. The zero-order chi connectivity index (χ0) is 10.0. The summed E-state index contributed by atoms with van der Waals surface area (Å²) in [7, 11) is 0. The molecule has 14 heavy (non-hydrogen) atoms. The van der Waals surface area contributed by atoms with Crippen molar-refractivity contribution in [3.63, 3.8) is 0 Å². The predicted octanol–water partition coefficient (Wildman–Crippen LogP) is 1.29. The van der Waals surface area contributed by atoms with Crippen LogP contribution in [0.25, 0.3) is 0 Å². The summed E-state index contributed by atoms with van der Waals surface area (Å²) in [6.45, 7) is 3.11. The van der Waals surface area contributed by atoms with E-state index >= 15 is 0 Å². The van der Waals surface area contributed by atoms with Crippen molar-refractivity contribution in [2.45, 2.75) is 30.4 Å². The van der Waals surface area contributed by atoms with Gasteiger partial charge in [-0.25, -0.2) is 0 Å². The zero-order valence-electron chi connectivity index (χ0n) is 8.83. The second-order valence-electron chi connectivity index (χ2n) is 4.26. The number of hydrogen-bond acceptors (Lipinski definition) is 2. The van der Waals surface area contributed by atoms with Gasteiger partial charge >= 0.3 is 0 Å². The molecule has 3 nitrogen and oxygen atoms in total. The van der Waals surface area contributed by atoms with Gasteiger partial charge in [-0.1, -0.05) is 6.42 Å². The van der Waals surface area contributed by atoms with E-state index < -0.39 is 0 Å². The van der Waals surface area contributed by atoms with Crippen LogP contribution in [0, 0.1) is 0 Å². The maximum absolute atomic E-state index is 5.89. The monoisotopic (exact) mass is 213 g/mol. The smallest absolute Gasteiger partial charge is 0.191 e. The van der Waals surface area contributed by atoms with E-state index in [1.807, 2.05) is 11.8 Å². The number of nitrogens with zero attached hydrogens (tertiary/aromatic N) is 2. The fourth-order valence-corrected chi connectivity index (χ4v) is 2.76. The molecule has 1 aliphatic heterocycles. The molecule has 1 heterocycles. The Morgan fingerprint density at radius 1 is 1.43 bits per heavy atom. The third kappa shape index (κ3) is 1.85. The minimum absolute atomic E-state index is 0.426. The van der Waals surface area contributed by atoms with Crippen molar-refractivity contribution in [1.82, 2.24) is 4.90 Å². The van der Waals surface area contributed by atoms with Gasteiger partial charge in [-0.3, -0.25) is 4.99 Å². The van der Waals surface area contributed by atoms with Crippen LogP contribution < -0.4 is 5.73 Å². The van der Waals surface area contributed by atoms with Gasteiger partial charge in [0.15, 0.2) is 5.96 Å². The van der Waals surface area contributed by atoms with E-state index in [9.17, 15) is 0 Å². The van der Waals surface area contributed by atoms with Crippen LogP contribution in [-0.4, -0.2) is 41.5 Å². The highest BCUT2D eigenvalue weighted by molar-refractivity contribution is 8.00. The van der Waals surface area contributed by atoms with E-state index in [2.05, 4.69) is 16.1 Å². The molecule has 0 radical (unpaired) electrons. The number of rotatable bonds is 3. The molecule has 1 aliphatic carbocycles. The molecule has 1 saturated heterocycles. The lowest BCUT2D eigenvalue weighted by Gasteiger charge is -2.39. The van der Waals surface area contributed by atoms with Crippen LogP contribution in [0.15, 0.2) is 4.99 Å². The van der Waals surface area contributed by atoms with Gasteiger partial charge in [-0.05, 0) is 25.5 Å². The number of thioether (sulfide) groups is 1. The highest BCUT2D eigenvalue weighted by Gasteiger charge is 2.36. The molecule has 2 rings (SSSR count). The van der Waals surface area contributed by atoms with E-state index in [4.69, 9.17) is 5.73 Å². The van der Waals surface area contributed by atoms with E-state index in [0.717, 1.165) is 25.6 Å². The molecule has 0 bridgehead atoms. The number of nitrogens with two attached hydrogens (primary N) is 1. The molecule has 0 spiro atoms. The molecular weight excluding hydrogens is 194 g/mol. The Morgan fingerprint density at radius 3 is 2.50 bits per heavy atom. The van der Waals surface area contributed by atoms with Crippen LogP contribution in [0.5, 0.6) is 0 Å². The van der Waals surface area contributed by atoms with Crippen LogP contribution >= 0.6 is 11.8 Å². The quantitative estimate of drug-likeness (QED) is 0.567. The fraction of sp³-hybridized carbons (Fsp3) is 0.900. The Kier molecular flexibility index (Phi) is 2.91. The number of guanidine groups is 1. The highest BCUT2D eigenvalue weighted by Crippen LogP contribution is 2.42.